The number of furan rings is 1. The van der Waals surface area contributed by atoms with Crippen molar-refractivity contribution >= 4 is 28.1 Å². The summed E-state index contributed by atoms with van der Waals surface area (Å²) in [5, 5.41) is 1.02. The van der Waals surface area contributed by atoms with Crippen molar-refractivity contribution in [3.63, 3.8) is 0 Å². The number of thiophene rings is 1. The number of fused-ring (bicyclic) bond motifs is 1. The van der Waals surface area contributed by atoms with E-state index in [2.05, 4.69) is 6.07 Å². The molecule has 1 aromatic carbocycles. The summed E-state index contributed by atoms with van der Waals surface area (Å²) in [4.78, 5) is 14.3. The van der Waals surface area contributed by atoms with E-state index in [4.69, 9.17) is 4.42 Å². The Labute approximate surface area is 115 Å². The maximum absolute atomic E-state index is 12.5. The van der Waals surface area contributed by atoms with E-state index in [0.29, 0.717) is 5.76 Å². The zero-order chi connectivity index (χ0) is 13.6. The van der Waals surface area contributed by atoms with Gasteiger partial charge in [0, 0.05) is 15.8 Å². The molecule has 2 heterocycles. The lowest BCUT2D eigenvalue weighted by Gasteiger charge is -1.94. The first-order chi connectivity index (χ1) is 9.06. The Morgan fingerprint density at radius 2 is 1.89 bits per heavy atom. The van der Waals surface area contributed by atoms with Crippen molar-refractivity contribution in [1.82, 2.24) is 0 Å². The Kier molecular flexibility index (Phi) is 2.79. The summed E-state index contributed by atoms with van der Waals surface area (Å²) in [5.74, 6) is 0.437. The molecule has 0 aliphatic rings. The van der Waals surface area contributed by atoms with Gasteiger partial charge in [0.25, 0.3) is 0 Å². The maximum Gasteiger partial charge on any atom is 0.238 e. The molecule has 0 spiro atoms. The average Bonchev–Trinajstić information content (AvgIpc) is 2.94. The van der Waals surface area contributed by atoms with Gasteiger partial charge in [0.15, 0.2) is 5.76 Å². The summed E-state index contributed by atoms with van der Waals surface area (Å²) in [5.41, 5.74) is 2.87. The van der Waals surface area contributed by atoms with Crippen LogP contribution in [0.4, 0.5) is 0 Å². The molecule has 2 nitrogen and oxygen atoms in total. The molecule has 19 heavy (non-hydrogen) atoms. The van der Waals surface area contributed by atoms with E-state index in [-0.39, 0.29) is 5.78 Å². The molecular formula is C16H14O2S. The first-order valence-corrected chi connectivity index (χ1v) is 6.99. The topological polar surface area (TPSA) is 30.2 Å². The molecule has 2 aromatic heterocycles. The molecule has 0 fully saturated rings. The van der Waals surface area contributed by atoms with Crippen LogP contribution in [0.2, 0.25) is 0 Å². The van der Waals surface area contributed by atoms with Gasteiger partial charge in [0.1, 0.15) is 5.58 Å². The summed E-state index contributed by atoms with van der Waals surface area (Å²) < 4.78 is 5.74. The van der Waals surface area contributed by atoms with Crippen LogP contribution in [-0.4, -0.2) is 5.78 Å². The van der Waals surface area contributed by atoms with Crippen molar-refractivity contribution < 1.29 is 9.21 Å². The van der Waals surface area contributed by atoms with Crippen LogP contribution in [0.1, 0.15) is 31.4 Å². The molecule has 0 N–H and O–H groups in total. The number of carbonyl (C=O) groups is 1. The third-order valence-electron chi connectivity index (χ3n) is 3.26. The quantitative estimate of drug-likeness (QED) is 0.634. The van der Waals surface area contributed by atoms with Gasteiger partial charge in [0.05, 0.1) is 4.88 Å². The van der Waals surface area contributed by atoms with E-state index in [1.807, 2.05) is 45.0 Å². The zero-order valence-electron chi connectivity index (χ0n) is 11.1. The monoisotopic (exact) mass is 270 g/mol. The molecule has 0 amide bonds. The molecule has 3 rings (SSSR count). The van der Waals surface area contributed by atoms with Gasteiger partial charge in [-0.15, -0.1) is 11.3 Å². The number of benzene rings is 1. The largest absolute Gasteiger partial charge is 0.452 e. The Morgan fingerprint density at radius 1 is 1.11 bits per heavy atom. The van der Waals surface area contributed by atoms with E-state index >= 15 is 0 Å². The third-order valence-corrected chi connectivity index (χ3v) is 4.26. The number of carbonyl (C=O) groups excluding carboxylic acids is 1. The molecule has 96 valence electrons. The highest BCUT2D eigenvalue weighted by Gasteiger charge is 2.20. The molecular weight excluding hydrogens is 256 g/mol. The van der Waals surface area contributed by atoms with Gasteiger partial charge >= 0.3 is 0 Å². The molecule has 0 unspecified atom stereocenters. The van der Waals surface area contributed by atoms with E-state index in [1.54, 1.807) is 0 Å². The SMILES string of the molecule is Cc1ccc2oc(C(=O)c3ccc(C)s3)c(C)c2c1. The minimum atomic E-state index is -0.0237. The predicted octanol–water partition coefficient (Wildman–Crippen LogP) is 4.65. The van der Waals surface area contributed by atoms with Gasteiger partial charge in [-0.1, -0.05) is 11.6 Å². The van der Waals surface area contributed by atoms with Crippen molar-refractivity contribution in [3.05, 3.63) is 57.0 Å². The fourth-order valence-corrected chi connectivity index (χ4v) is 3.02. The molecule has 0 aliphatic carbocycles. The van der Waals surface area contributed by atoms with Crippen LogP contribution in [0.5, 0.6) is 0 Å². The van der Waals surface area contributed by atoms with Gasteiger partial charge in [-0.2, -0.15) is 0 Å². The molecule has 0 saturated carbocycles. The molecule has 0 atom stereocenters. The van der Waals surface area contributed by atoms with Gasteiger partial charge in [-0.05, 0) is 45.0 Å². The summed E-state index contributed by atoms with van der Waals surface area (Å²) in [6.07, 6.45) is 0. The van der Waals surface area contributed by atoms with Crippen molar-refractivity contribution in [3.8, 4) is 0 Å². The zero-order valence-corrected chi connectivity index (χ0v) is 11.9. The third kappa shape index (κ3) is 2.00. The Morgan fingerprint density at radius 3 is 2.58 bits per heavy atom. The van der Waals surface area contributed by atoms with Gasteiger partial charge < -0.3 is 4.42 Å². The van der Waals surface area contributed by atoms with Crippen LogP contribution < -0.4 is 0 Å². The number of aryl methyl sites for hydroxylation is 3. The highest BCUT2D eigenvalue weighted by Crippen LogP contribution is 2.29. The lowest BCUT2D eigenvalue weighted by Crippen LogP contribution is -1.98. The minimum Gasteiger partial charge on any atom is -0.452 e. The van der Waals surface area contributed by atoms with E-state index in [1.165, 1.54) is 16.9 Å². The second-order valence-corrected chi connectivity index (χ2v) is 6.08. The Balaban J connectivity index is 2.15. The molecule has 3 aromatic rings. The van der Waals surface area contributed by atoms with E-state index < -0.39 is 0 Å². The fraction of sp³-hybridized carbons (Fsp3) is 0.188. The number of rotatable bonds is 2. The van der Waals surface area contributed by atoms with Crippen LogP contribution in [0.25, 0.3) is 11.0 Å². The lowest BCUT2D eigenvalue weighted by atomic mass is 10.1. The van der Waals surface area contributed by atoms with Crippen LogP contribution in [0.15, 0.2) is 34.7 Å². The molecule has 0 saturated heterocycles. The van der Waals surface area contributed by atoms with Crippen molar-refractivity contribution in [2.75, 3.05) is 0 Å². The first kappa shape index (κ1) is 12.2. The maximum atomic E-state index is 12.5. The van der Waals surface area contributed by atoms with Crippen molar-refractivity contribution in [1.29, 1.82) is 0 Å². The van der Waals surface area contributed by atoms with Crippen LogP contribution in [-0.2, 0) is 0 Å². The van der Waals surface area contributed by atoms with Gasteiger partial charge in [-0.3, -0.25) is 4.79 Å². The number of hydrogen-bond donors (Lipinski definition) is 0. The minimum absolute atomic E-state index is 0.0237. The van der Waals surface area contributed by atoms with E-state index in [9.17, 15) is 4.79 Å². The van der Waals surface area contributed by atoms with E-state index in [0.717, 1.165) is 26.3 Å². The standard InChI is InChI=1S/C16H14O2S/c1-9-4-6-13-12(8-9)11(3)16(18-13)15(17)14-7-5-10(2)19-14/h4-8H,1-3H3. The lowest BCUT2D eigenvalue weighted by molar-refractivity contribution is 0.101. The Bertz CT molecular complexity index is 777. The molecule has 0 radical (unpaired) electrons. The smallest absolute Gasteiger partial charge is 0.238 e. The molecule has 3 heteroatoms. The second kappa shape index (κ2) is 4.35. The summed E-state index contributed by atoms with van der Waals surface area (Å²) in [7, 11) is 0. The summed E-state index contributed by atoms with van der Waals surface area (Å²) >= 11 is 1.50. The Hall–Kier alpha value is -1.87. The fourth-order valence-electron chi connectivity index (χ4n) is 2.22. The van der Waals surface area contributed by atoms with Crippen LogP contribution in [0, 0.1) is 20.8 Å². The highest BCUT2D eigenvalue weighted by molar-refractivity contribution is 7.14. The number of ketones is 1. The summed E-state index contributed by atoms with van der Waals surface area (Å²) in [6.45, 7) is 5.98. The normalized spacial score (nSPS) is 11.1. The van der Waals surface area contributed by atoms with Crippen LogP contribution >= 0.6 is 11.3 Å². The second-order valence-electron chi connectivity index (χ2n) is 4.80. The highest BCUT2D eigenvalue weighted by atomic mass is 32.1. The van der Waals surface area contributed by atoms with Crippen molar-refractivity contribution in [2.24, 2.45) is 0 Å². The van der Waals surface area contributed by atoms with Crippen LogP contribution in [0.3, 0.4) is 0 Å². The molecule has 0 aliphatic heterocycles. The summed E-state index contributed by atoms with van der Waals surface area (Å²) in [6, 6.07) is 9.80. The predicted molar refractivity (Wildman–Crippen MR) is 78.2 cm³/mol. The van der Waals surface area contributed by atoms with Gasteiger partial charge in [-0.25, -0.2) is 0 Å². The molecule has 0 bridgehead atoms. The average molecular weight is 270 g/mol. The van der Waals surface area contributed by atoms with Gasteiger partial charge in [0.2, 0.25) is 5.78 Å². The number of hydrogen-bond acceptors (Lipinski definition) is 3. The van der Waals surface area contributed by atoms with Crippen molar-refractivity contribution in [2.45, 2.75) is 20.8 Å². The first-order valence-electron chi connectivity index (χ1n) is 6.17.